The number of ether oxygens (including phenoxy) is 7. The molecule has 0 amide bonds. The van der Waals surface area contributed by atoms with Gasteiger partial charge in [-0.05, 0) is 13.8 Å². The van der Waals surface area contributed by atoms with Gasteiger partial charge in [0.15, 0.2) is 30.5 Å². The molecule has 1 aliphatic rings. The van der Waals surface area contributed by atoms with Gasteiger partial charge in [0.2, 0.25) is 0 Å². The summed E-state index contributed by atoms with van der Waals surface area (Å²) in [5.74, 6) is -4.79. The molecule has 0 spiro atoms. The van der Waals surface area contributed by atoms with Crippen LogP contribution in [0.25, 0.3) is 0 Å². The number of aliphatic hydroxyl groups is 3. The Balaban J connectivity index is -0.000000230. The standard InChI is InChI=1S/C8H12O5.C6H9BrO5.C6H10O6.2H2S/c1-3-11-7(9)5-6(13-5)8(10)12-4-2;2*1-11-5(9)3(7)4(8)6(10)12-2;;/h5-6H,3-4H2,1-2H3;3-4,8H,1-2H3;3-4,7-8H,1-2H3;2*1H2/t5-,6-;3-,4+;3-,4-;;/m010../s1. The van der Waals surface area contributed by atoms with Crippen LogP contribution in [0, 0.1) is 0 Å². The van der Waals surface area contributed by atoms with Gasteiger partial charge in [-0.3, -0.25) is 4.79 Å². The molecule has 19 heteroatoms. The fourth-order valence-corrected chi connectivity index (χ4v) is 2.30. The van der Waals surface area contributed by atoms with Crippen LogP contribution in [0.4, 0.5) is 0 Å². The van der Waals surface area contributed by atoms with E-state index in [1.807, 2.05) is 0 Å². The predicted molar refractivity (Wildman–Crippen MR) is 141 cm³/mol. The summed E-state index contributed by atoms with van der Waals surface area (Å²) in [5.41, 5.74) is 0. The molecule has 16 nitrogen and oxygen atoms in total. The number of alkyl halides is 1. The number of hydrogen-bond donors (Lipinski definition) is 3. The quantitative estimate of drug-likeness (QED) is 0.0950. The normalized spacial score (nSPS) is 17.4. The number of esters is 6. The first-order valence-corrected chi connectivity index (χ1v) is 11.2. The minimum atomic E-state index is -1.90. The molecule has 1 heterocycles. The zero-order chi connectivity index (χ0) is 29.3. The highest BCUT2D eigenvalue weighted by atomic mass is 79.9. The Morgan fingerprint density at radius 1 is 0.641 bits per heavy atom. The molecule has 39 heavy (non-hydrogen) atoms. The lowest BCUT2D eigenvalue weighted by Crippen LogP contribution is -2.40. The van der Waals surface area contributed by atoms with Gasteiger partial charge in [-0.2, -0.15) is 27.0 Å². The lowest BCUT2D eigenvalue weighted by atomic mass is 10.2. The minimum Gasteiger partial charge on any atom is -0.468 e. The summed E-state index contributed by atoms with van der Waals surface area (Å²) in [4.78, 5) is 63.3. The van der Waals surface area contributed by atoms with Crippen LogP contribution in [0.3, 0.4) is 0 Å². The summed E-state index contributed by atoms with van der Waals surface area (Å²) < 4.78 is 30.7. The molecule has 1 rings (SSSR count). The Kier molecular flexibility index (Phi) is 26.7. The van der Waals surface area contributed by atoms with Crippen LogP contribution in [0.5, 0.6) is 0 Å². The molecule has 0 aromatic carbocycles. The van der Waals surface area contributed by atoms with Gasteiger partial charge < -0.3 is 48.5 Å². The van der Waals surface area contributed by atoms with Crippen LogP contribution >= 0.6 is 42.9 Å². The molecule has 3 N–H and O–H groups in total. The second kappa shape index (κ2) is 23.7. The van der Waals surface area contributed by atoms with Gasteiger partial charge in [0.1, 0.15) is 4.83 Å². The van der Waals surface area contributed by atoms with Crippen molar-refractivity contribution in [3.05, 3.63) is 0 Å². The third-order valence-electron chi connectivity index (χ3n) is 3.86. The van der Waals surface area contributed by atoms with Gasteiger partial charge in [-0.25, -0.2) is 24.0 Å². The third-order valence-corrected chi connectivity index (χ3v) is 4.73. The SMILES string of the molecule is CCOC(=O)[C@H]1O[C@@H]1C(=O)OCC.COC(=O)[C@@H](O)[C@@H](Br)C(=O)OC.COC(=O)[C@@H](O)[C@H](O)C(=O)OC.S.S. The van der Waals surface area contributed by atoms with Crippen LogP contribution in [0.2, 0.25) is 0 Å². The van der Waals surface area contributed by atoms with E-state index in [1.54, 1.807) is 13.8 Å². The maximum absolute atomic E-state index is 11.0. The van der Waals surface area contributed by atoms with Crippen LogP contribution in [0.1, 0.15) is 13.8 Å². The fourth-order valence-electron chi connectivity index (χ4n) is 1.90. The topological polar surface area (TPSA) is 231 Å². The summed E-state index contributed by atoms with van der Waals surface area (Å²) in [6.45, 7) is 3.96. The number of carbonyl (C=O) groups excluding carboxylic acids is 6. The van der Waals surface area contributed by atoms with Crippen LogP contribution < -0.4 is 0 Å². The van der Waals surface area contributed by atoms with Gasteiger partial charge in [-0.15, -0.1) is 0 Å². The monoisotopic (exact) mass is 674 g/mol. The van der Waals surface area contributed by atoms with Crippen molar-refractivity contribution in [3.63, 3.8) is 0 Å². The highest BCUT2D eigenvalue weighted by Crippen LogP contribution is 2.24. The zero-order valence-corrected chi connectivity index (χ0v) is 25.5. The van der Waals surface area contributed by atoms with Gasteiger partial charge in [0, 0.05) is 0 Å². The fraction of sp³-hybridized carbons (Fsp3) is 0.700. The molecule has 0 radical (unpaired) electrons. The molecule has 0 bridgehead atoms. The van der Waals surface area contributed by atoms with Crippen LogP contribution in [-0.4, -0.2) is 128 Å². The third kappa shape index (κ3) is 16.5. The summed E-state index contributed by atoms with van der Waals surface area (Å²) in [7, 11) is 4.31. The molecular formula is C20H35BrO16S2. The molecule has 230 valence electrons. The second-order valence-corrected chi connectivity index (χ2v) is 7.30. The maximum Gasteiger partial charge on any atom is 0.338 e. The molecule has 0 aromatic rings. The number of rotatable bonds is 10. The highest BCUT2D eigenvalue weighted by molar-refractivity contribution is 9.10. The van der Waals surface area contributed by atoms with E-state index in [9.17, 15) is 28.8 Å². The lowest BCUT2D eigenvalue weighted by Gasteiger charge is -2.12. The molecular weight excluding hydrogens is 640 g/mol. The summed E-state index contributed by atoms with van der Waals surface area (Å²) >= 11 is 2.78. The molecule has 6 atom stereocenters. The maximum atomic E-state index is 11.0. The molecule has 1 saturated heterocycles. The molecule has 1 aliphatic heterocycles. The first-order valence-electron chi connectivity index (χ1n) is 10.3. The Bertz CT molecular complexity index is 681. The van der Waals surface area contributed by atoms with E-state index in [0.717, 1.165) is 28.4 Å². The Morgan fingerprint density at radius 3 is 1.18 bits per heavy atom. The number of aliphatic hydroxyl groups excluding tert-OH is 3. The number of epoxide rings is 1. The van der Waals surface area contributed by atoms with Crippen molar-refractivity contribution >= 4 is 78.7 Å². The smallest absolute Gasteiger partial charge is 0.338 e. The number of hydrogen-bond acceptors (Lipinski definition) is 16. The van der Waals surface area contributed by atoms with Gasteiger partial charge in [-0.1, -0.05) is 15.9 Å². The number of carbonyl (C=O) groups is 6. The Hall–Kier alpha value is -2.16. The largest absolute Gasteiger partial charge is 0.468 e. The van der Waals surface area contributed by atoms with Crippen LogP contribution in [0.15, 0.2) is 0 Å². The van der Waals surface area contributed by atoms with Crippen molar-refractivity contribution in [2.45, 2.75) is 49.2 Å². The average molecular weight is 676 g/mol. The van der Waals surface area contributed by atoms with Gasteiger partial charge in [0.25, 0.3) is 0 Å². The van der Waals surface area contributed by atoms with E-state index in [2.05, 4.69) is 44.4 Å². The van der Waals surface area contributed by atoms with Crippen LogP contribution in [-0.2, 0) is 61.9 Å². The van der Waals surface area contributed by atoms with E-state index in [4.69, 9.17) is 20.1 Å². The van der Waals surface area contributed by atoms with E-state index < -0.39 is 71.2 Å². The van der Waals surface area contributed by atoms with E-state index >= 15 is 0 Å². The van der Waals surface area contributed by atoms with Gasteiger partial charge in [0.05, 0.1) is 41.7 Å². The summed E-state index contributed by atoms with van der Waals surface area (Å²) in [6, 6.07) is 0. The Labute approximate surface area is 246 Å². The first-order chi connectivity index (χ1) is 17.3. The van der Waals surface area contributed by atoms with Crippen molar-refractivity contribution < 1.29 is 77.2 Å². The molecule has 0 unspecified atom stereocenters. The lowest BCUT2D eigenvalue weighted by molar-refractivity contribution is -0.169. The average Bonchev–Trinajstić information content (AvgIpc) is 3.72. The van der Waals surface area contributed by atoms with E-state index in [0.29, 0.717) is 0 Å². The second-order valence-electron chi connectivity index (χ2n) is 6.31. The summed E-state index contributed by atoms with van der Waals surface area (Å²) in [6.07, 6.45) is -6.84. The molecule has 0 aromatic heterocycles. The molecule has 1 fully saturated rings. The number of methoxy groups -OCH3 is 4. The summed E-state index contributed by atoms with van der Waals surface area (Å²) in [5, 5.41) is 26.8. The number of halogens is 1. The predicted octanol–water partition coefficient (Wildman–Crippen LogP) is -2.38. The molecule has 0 saturated carbocycles. The van der Waals surface area contributed by atoms with Crippen molar-refractivity contribution in [3.8, 4) is 0 Å². The van der Waals surface area contributed by atoms with Crippen molar-refractivity contribution in [2.24, 2.45) is 0 Å². The molecule has 0 aliphatic carbocycles. The zero-order valence-electron chi connectivity index (χ0n) is 21.9. The van der Waals surface area contributed by atoms with Crippen molar-refractivity contribution in [1.29, 1.82) is 0 Å². The highest BCUT2D eigenvalue weighted by Gasteiger charge is 2.52. The van der Waals surface area contributed by atoms with E-state index in [1.165, 1.54) is 0 Å². The minimum absolute atomic E-state index is 0. The first kappa shape index (κ1) is 43.9. The Morgan fingerprint density at radius 2 is 0.923 bits per heavy atom. The van der Waals surface area contributed by atoms with Crippen molar-refractivity contribution in [1.82, 2.24) is 0 Å². The van der Waals surface area contributed by atoms with Crippen molar-refractivity contribution in [2.75, 3.05) is 41.7 Å². The van der Waals surface area contributed by atoms with E-state index in [-0.39, 0.29) is 40.2 Å². The van der Waals surface area contributed by atoms with Gasteiger partial charge >= 0.3 is 35.8 Å².